The lowest BCUT2D eigenvalue weighted by atomic mass is 10.5. The summed E-state index contributed by atoms with van der Waals surface area (Å²) in [6.45, 7) is 1.39. The second-order valence-corrected chi connectivity index (χ2v) is 2.77. The number of carbonyl (C=O) groups is 2. The van der Waals surface area contributed by atoms with Crippen LogP contribution in [0.2, 0.25) is 0 Å². The van der Waals surface area contributed by atoms with Crippen molar-refractivity contribution in [2.24, 2.45) is 0 Å². The number of hydrogen-bond donors (Lipinski definition) is 6. The number of carboxylic acid groups (broad SMARTS) is 2. The summed E-state index contributed by atoms with van der Waals surface area (Å²) in [6.07, 6.45) is -0.560. The van der Waals surface area contributed by atoms with Crippen LogP contribution in [-0.2, 0) is 9.59 Å². The van der Waals surface area contributed by atoms with Gasteiger partial charge in [0.1, 0.15) is 0 Å². The van der Waals surface area contributed by atoms with Crippen LogP contribution in [0.1, 0.15) is 6.92 Å². The van der Waals surface area contributed by atoms with Crippen LogP contribution in [0.15, 0.2) is 0 Å². The molecule has 15 heavy (non-hydrogen) atoms. The Balaban J connectivity index is -0.000000144. The Morgan fingerprint density at radius 3 is 1.27 bits per heavy atom. The van der Waals surface area contributed by atoms with Gasteiger partial charge in [0.15, 0.2) is 0 Å². The quantitative estimate of drug-likeness (QED) is 0.376. The van der Waals surface area contributed by atoms with Crippen molar-refractivity contribution < 1.29 is 30.0 Å². The maximum atomic E-state index is 9.29. The summed E-state index contributed by atoms with van der Waals surface area (Å²) in [7, 11) is 0. The Bertz CT molecular complexity index is 148. The van der Waals surface area contributed by atoms with Gasteiger partial charge in [-0.2, -0.15) is 25.3 Å². The number of aliphatic hydroxyl groups excluding tert-OH is 2. The van der Waals surface area contributed by atoms with Gasteiger partial charge in [-0.3, -0.25) is 9.59 Å². The fraction of sp³-hybridized carbons (Fsp3) is 0.714. The van der Waals surface area contributed by atoms with Crippen molar-refractivity contribution in [3.63, 3.8) is 0 Å². The van der Waals surface area contributed by atoms with Gasteiger partial charge in [0.2, 0.25) is 0 Å². The van der Waals surface area contributed by atoms with Crippen molar-refractivity contribution in [3.8, 4) is 0 Å². The van der Waals surface area contributed by atoms with Crippen LogP contribution in [0.3, 0.4) is 0 Å². The first-order chi connectivity index (χ1) is 6.81. The van der Waals surface area contributed by atoms with Crippen molar-refractivity contribution in [3.05, 3.63) is 0 Å². The summed E-state index contributed by atoms with van der Waals surface area (Å²) in [5, 5.41) is 31.3. The van der Waals surface area contributed by atoms with Crippen molar-refractivity contribution in [1.82, 2.24) is 0 Å². The average molecular weight is 260 g/mol. The van der Waals surface area contributed by atoms with Gasteiger partial charge in [0.25, 0.3) is 0 Å². The van der Waals surface area contributed by atoms with E-state index in [1.807, 2.05) is 0 Å². The van der Waals surface area contributed by atoms with Gasteiger partial charge < -0.3 is 20.4 Å². The zero-order valence-corrected chi connectivity index (χ0v) is 9.99. The van der Waals surface area contributed by atoms with E-state index in [-0.39, 0.29) is 18.1 Å². The summed E-state index contributed by atoms with van der Waals surface area (Å²) in [5.41, 5.74) is 0. The van der Waals surface area contributed by atoms with Crippen molar-refractivity contribution in [1.29, 1.82) is 0 Å². The second-order valence-electron chi connectivity index (χ2n) is 2.14. The van der Waals surface area contributed by atoms with E-state index < -0.39 is 18.0 Å². The van der Waals surface area contributed by atoms with E-state index in [0.717, 1.165) is 0 Å². The van der Waals surface area contributed by atoms with Crippen molar-refractivity contribution in [2.75, 3.05) is 18.1 Å². The molecule has 0 heterocycles. The molecule has 0 aromatic heterocycles. The average Bonchev–Trinajstić information content (AvgIpc) is 2.19. The van der Waals surface area contributed by atoms with Gasteiger partial charge in [-0.1, -0.05) is 0 Å². The molecule has 6 nitrogen and oxygen atoms in total. The Hall–Kier alpha value is -0.440. The van der Waals surface area contributed by atoms with E-state index in [4.69, 9.17) is 20.4 Å². The third kappa shape index (κ3) is 58.6. The Kier molecular flexibility index (Phi) is 21.4. The fourth-order valence-electron chi connectivity index (χ4n) is 0. The normalized spacial score (nSPS) is 9.93. The molecule has 0 radical (unpaired) electrons. The highest BCUT2D eigenvalue weighted by Gasteiger charge is 1.83. The molecular formula is C7H16O6S2. The molecule has 0 aromatic carbocycles. The molecule has 0 aromatic rings. The molecule has 0 rings (SSSR count). The Labute approximate surface area is 98.8 Å². The Morgan fingerprint density at radius 2 is 1.27 bits per heavy atom. The predicted octanol–water partition coefficient (Wildman–Crippen LogP) is -0.639. The molecule has 92 valence electrons. The van der Waals surface area contributed by atoms with Crippen LogP contribution in [-0.4, -0.2) is 56.6 Å². The monoisotopic (exact) mass is 260 g/mol. The maximum Gasteiger partial charge on any atom is 0.313 e. The van der Waals surface area contributed by atoms with Gasteiger partial charge in [-0.25, -0.2) is 0 Å². The van der Waals surface area contributed by atoms with Gasteiger partial charge in [-0.15, -0.1) is 0 Å². The smallest absolute Gasteiger partial charge is 0.313 e. The van der Waals surface area contributed by atoms with Crippen molar-refractivity contribution >= 4 is 37.2 Å². The van der Waals surface area contributed by atoms with Crippen LogP contribution in [0.4, 0.5) is 0 Å². The number of aliphatic carboxylic acids is 2. The number of thiol groups is 2. The number of rotatable bonds is 3. The summed E-state index contributed by atoms with van der Waals surface area (Å²) in [4.78, 5) is 18.6. The molecule has 0 aliphatic rings. The lowest BCUT2D eigenvalue weighted by Gasteiger charge is -1.90. The van der Waals surface area contributed by atoms with E-state index in [0.29, 0.717) is 0 Å². The third-order valence-electron chi connectivity index (χ3n) is 0.535. The largest absolute Gasteiger partial charge is 0.481 e. The molecule has 0 amide bonds. The van der Waals surface area contributed by atoms with Gasteiger partial charge >= 0.3 is 11.9 Å². The summed E-state index contributed by atoms with van der Waals surface area (Å²) in [5.74, 6) is -1.93. The zero-order chi connectivity index (χ0) is 12.9. The van der Waals surface area contributed by atoms with Crippen molar-refractivity contribution in [2.45, 2.75) is 13.0 Å². The molecule has 0 bridgehead atoms. The molecule has 1 atom stereocenters. The van der Waals surface area contributed by atoms with Crippen LogP contribution < -0.4 is 0 Å². The second kappa shape index (κ2) is 16.0. The maximum absolute atomic E-state index is 9.29. The lowest BCUT2D eigenvalue weighted by Crippen LogP contribution is -2.03. The molecule has 4 N–H and O–H groups in total. The van der Waals surface area contributed by atoms with Crippen LogP contribution >= 0.6 is 25.3 Å². The zero-order valence-electron chi connectivity index (χ0n) is 8.20. The highest BCUT2D eigenvalue weighted by molar-refractivity contribution is 7.81. The highest BCUT2D eigenvalue weighted by Crippen LogP contribution is 1.68. The van der Waals surface area contributed by atoms with Gasteiger partial charge in [0.05, 0.1) is 24.2 Å². The SMILES string of the molecule is CC(O)CO.O=C(O)CS.O=C(O)CS. The number of carboxylic acids is 2. The highest BCUT2D eigenvalue weighted by atomic mass is 32.1. The molecular weight excluding hydrogens is 244 g/mol. The van der Waals surface area contributed by atoms with Crippen LogP contribution in [0, 0.1) is 0 Å². The topological polar surface area (TPSA) is 115 Å². The molecule has 0 fully saturated rings. The summed E-state index contributed by atoms with van der Waals surface area (Å²) >= 11 is 6.83. The minimum atomic E-state index is -0.881. The van der Waals surface area contributed by atoms with Gasteiger partial charge in [0, 0.05) is 0 Å². The van der Waals surface area contributed by atoms with E-state index >= 15 is 0 Å². The van der Waals surface area contributed by atoms with E-state index in [9.17, 15) is 9.59 Å². The van der Waals surface area contributed by atoms with E-state index in [1.54, 1.807) is 0 Å². The summed E-state index contributed by atoms with van der Waals surface area (Å²) < 4.78 is 0. The molecule has 0 aliphatic heterocycles. The first-order valence-electron chi connectivity index (χ1n) is 3.76. The first kappa shape index (κ1) is 20.0. The predicted molar refractivity (Wildman–Crippen MR) is 61.7 cm³/mol. The first-order valence-corrected chi connectivity index (χ1v) is 5.02. The molecule has 0 aliphatic carbocycles. The standard InChI is InChI=1S/C3H8O2.2C2H4O2S/c1-3(5)2-4;2*3-2(4)1-5/h3-5H,2H2,1H3;2*5H,1H2,(H,3,4). The van der Waals surface area contributed by atoms with Gasteiger partial charge in [-0.05, 0) is 6.92 Å². The lowest BCUT2D eigenvalue weighted by molar-refractivity contribution is -0.134. The van der Waals surface area contributed by atoms with E-state index in [2.05, 4.69) is 25.3 Å². The Morgan fingerprint density at radius 1 is 1.13 bits per heavy atom. The number of hydrogen-bond acceptors (Lipinski definition) is 6. The molecule has 1 unspecified atom stereocenters. The molecule has 8 heteroatoms. The minimum Gasteiger partial charge on any atom is -0.481 e. The van der Waals surface area contributed by atoms with Crippen LogP contribution in [0.5, 0.6) is 0 Å². The third-order valence-corrected chi connectivity index (χ3v) is 1.08. The van der Waals surface area contributed by atoms with Crippen LogP contribution in [0.25, 0.3) is 0 Å². The minimum absolute atomic E-state index is 0.0833. The fourth-order valence-corrected chi connectivity index (χ4v) is 0. The molecule has 0 saturated heterocycles. The number of aliphatic hydroxyl groups is 2. The molecule has 0 saturated carbocycles. The molecule has 0 spiro atoms. The van der Waals surface area contributed by atoms with E-state index in [1.165, 1.54) is 6.92 Å². The summed E-state index contributed by atoms with van der Waals surface area (Å²) in [6, 6.07) is 0.